The highest BCUT2D eigenvalue weighted by atomic mass is 35.5. The summed E-state index contributed by atoms with van der Waals surface area (Å²) in [6.07, 6.45) is 1.34. The van der Waals surface area contributed by atoms with Crippen molar-refractivity contribution in [2.45, 2.75) is 65.1 Å². The molecule has 180 valence electrons. The summed E-state index contributed by atoms with van der Waals surface area (Å²) >= 11 is 6.01. The van der Waals surface area contributed by atoms with Crippen LogP contribution in [0.15, 0.2) is 48.5 Å². The van der Waals surface area contributed by atoms with Crippen LogP contribution in [-0.2, 0) is 16.1 Å². The van der Waals surface area contributed by atoms with Gasteiger partial charge in [-0.2, -0.15) is 0 Å². The Bertz CT molecular complexity index is 892. The van der Waals surface area contributed by atoms with Crippen molar-refractivity contribution in [2.24, 2.45) is 0 Å². The molecule has 2 aromatic rings. The molecule has 6 nitrogen and oxygen atoms in total. The zero-order valence-electron chi connectivity index (χ0n) is 20.2. The Hall–Kier alpha value is -2.73. The first-order valence-corrected chi connectivity index (χ1v) is 11.6. The molecule has 2 aromatic carbocycles. The molecule has 0 bridgehead atoms. The molecule has 0 unspecified atom stereocenters. The minimum atomic E-state index is -0.560. The Kier molecular flexibility index (Phi) is 10.0. The average Bonchev–Trinajstić information content (AvgIpc) is 2.77. The second-order valence-corrected chi connectivity index (χ2v) is 9.38. The molecule has 2 amide bonds. The van der Waals surface area contributed by atoms with Gasteiger partial charge < -0.3 is 19.7 Å². The van der Waals surface area contributed by atoms with Gasteiger partial charge in [0, 0.05) is 23.5 Å². The molecule has 0 radical (unpaired) electrons. The fourth-order valence-electron chi connectivity index (χ4n) is 3.39. The van der Waals surface area contributed by atoms with Gasteiger partial charge in [-0.1, -0.05) is 30.7 Å². The molecule has 33 heavy (non-hydrogen) atoms. The van der Waals surface area contributed by atoms with Crippen LogP contribution in [-0.4, -0.2) is 42.0 Å². The molecule has 0 spiro atoms. The second kappa shape index (κ2) is 12.5. The van der Waals surface area contributed by atoms with Gasteiger partial charge >= 0.3 is 0 Å². The number of carbonyl (C=O) groups is 2. The van der Waals surface area contributed by atoms with E-state index in [4.69, 9.17) is 21.1 Å². The highest BCUT2D eigenvalue weighted by Gasteiger charge is 2.30. The summed E-state index contributed by atoms with van der Waals surface area (Å²) < 4.78 is 10.9. The Morgan fingerprint density at radius 1 is 1.03 bits per heavy atom. The Morgan fingerprint density at radius 3 is 2.18 bits per heavy atom. The lowest BCUT2D eigenvalue weighted by Gasteiger charge is -2.33. The van der Waals surface area contributed by atoms with Crippen molar-refractivity contribution < 1.29 is 19.1 Å². The summed E-state index contributed by atoms with van der Waals surface area (Å²) in [5.41, 5.74) is 0.537. The topological polar surface area (TPSA) is 67.9 Å². The lowest BCUT2D eigenvalue weighted by atomic mass is 10.0. The van der Waals surface area contributed by atoms with Crippen LogP contribution in [0.3, 0.4) is 0 Å². The van der Waals surface area contributed by atoms with Crippen LogP contribution >= 0.6 is 11.6 Å². The van der Waals surface area contributed by atoms with Gasteiger partial charge in [0.05, 0.1) is 13.7 Å². The van der Waals surface area contributed by atoms with Crippen molar-refractivity contribution in [3.63, 3.8) is 0 Å². The van der Waals surface area contributed by atoms with E-state index in [2.05, 4.69) is 5.32 Å². The van der Waals surface area contributed by atoms with Crippen LogP contribution in [0.5, 0.6) is 11.5 Å². The lowest BCUT2D eigenvalue weighted by Crippen LogP contribution is -2.53. The molecular weight excluding hydrogens is 440 g/mol. The van der Waals surface area contributed by atoms with Crippen LogP contribution in [0.1, 0.15) is 52.5 Å². The number of carbonyl (C=O) groups excluding carboxylic acids is 2. The third kappa shape index (κ3) is 8.97. The third-order valence-corrected chi connectivity index (χ3v) is 5.27. The molecule has 2 rings (SSSR count). The van der Waals surface area contributed by atoms with E-state index in [0.717, 1.165) is 17.1 Å². The van der Waals surface area contributed by atoms with Crippen LogP contribution in [0.2, 0.25) is 5.02 Å². The number of hydrogen-bond acceptors (Lipinski definition) is 4. The van der Waals surface area contributed by atoms with Crippen molar-refractivity contribution in [2.75, 3.05) is 13.7 Å². The monoisotopic (exact) mass is 474 g/mol. The normalized spacial score (nSPS) is 12.1. The average molecular weight is 475 g/mol. The van der Waals surface area contributed by atoms with Crippen LogP contribution in [0, 0.1) is 0 Å². The number of benzene rings is 2. The molecule has 0 saturated carbocycles. The van der Waals surface area contributed by atoms with E-state index in [1.54, 1.807) is 24.1 Å². The van der Waals surface area contributed by atoms with Crippen molar-refractivity contribution in [1.29, 1.82) is 0 Å². The summed E-state index contributed by atoms with van der Waals surface area (Å²) in [4.78, 5) is 27.9. The summed E-state index contributed by atoms with van der Waals surface area (Å²) in [7, 11) is 1.61. The predicted molar refractivity (Wildman–Crippen MR) is 132 cm³/mol. The zero-order chi connectivity index (χ0) is 24.4. The molecule has 0 aliphatic rings. The van der Waals surface area contributed by atoms with Crippen LogP contribution < -0.4 is 14.8 Å². The standard InChI is InChI=1S/C26H35ClN2O4/c1-6-23(25(31)28-26(2,3)4)29(18-19-9-11-20(27)12-10-19)24(30)8-7-17-33-22-15-13-21(32-5)14-16-22/h9-16,23H,6-8,17-18H2,1-5H3,(H,28,31)/t23-/m1/s1. The molecule has 0 heterocycles. The maximum absolute atomic E-state index is 13.2. The highest BCUT2D eigenvalue weighted by Crippen LogP contribution is 2.19. The zero-order valence-corrected chi connectivity index (χ0v) is 20.9. The Morgan fingerprint density at radius 2 is 1.64 bits per heavy atom. The molecule has 7 heteroatoms. The SMILES string of the molecule is CC[C@H](C(=O)NC(C)(C)C)N(Cc1ccc(Cl)cc1)C(=O)CCCOc1ccc(OC)cc1. The number of methoxy groups -OCH3 is 1. The summed E-state index contributed by atoms with van der Waals surface area (Å²) in [6, 6.07) is 14.1. The molecule has 0 saturated heterocycles. The van der Waals surface area contributed by atoms with E-state index in [0.29, 0.717) is 31.0 Å². The first kappa shape index (κ1) is 26.5. The van der Waals surface area contributed by atoms with Gasteiger partial charge in [-0.15, -0.1) is 0 Å². The molecule has 0 aliphatic carbocycles. The summed E-state index contributed by atoms with van der Waals surface area (Å²) in [6.45, 7) is 8.45. The van der Waals surface area contributed by atoms with E-state index in [-0.39, 0.29) is 23.8 Å². The smallest absolute Gasteiger partial charge is 0.243 e. The minimum absolute atomic E-state index is 0.0841. The quantitative estimate of drug-likeness (QED) is 0.453. The Labute approximate surface area is 202 Å². The van der Waals surface area contributed by atoms with Crippen LogP contribution in [0.4, 0.5) is 0 Å². The van der Waals surface area contributed by atoms with Crippen molar-refractivity contribution in [3.8, 4) is 11.5 Å². The van der Waals surface area contributed by atoms with E-state index in [9.17, 15) is 9.59 Å². The number of amides is 2. The first-order chi connectivity index (χ1) is 15.6. The lowest BCUT2D eigenvalue weighted by molar-refractivity contribution is -0.142. The van der Waals surface area contributed by atoms with Gasteiger partial charge in [0.2, 0.25) is 11.8 Å². The molecular formula is C26H35ClN2O4. The van der Waals surface area contributed by atoms with Crippen LogP contribution in [0.25, 0.3) is 0 Å². The van der Waals surface area contributed by atoms with E-state index in [1.807, 2.05) is 64.1 Å². The van der Waals surface area contributed by atoms with Gasteiger partial charge in [-0.25, -0.2) is 0 Å². The van der Waals surface area contributed by atoms with Gasteiger partial charge in [-0.3, -0.25) is 9.59 Å². The van der Waals surface area contributed by atoms with Gasteiger partial charge in [0.1, 0.15) is 17.5 Å². The largest absolute Gasteiger partial charge is 0.497 e. The molecule has 1 atom stereocenters. The number of ether oxygens (including phenoxy) is 2. The molecule has 0 fully saturated rings. The molecule has 0 aromatic heterocycles. The van der Waals surface area contributed by atoms with Crippen molar-refractivity contribution in [1.82, 2.24) is 10.2 Å². The van der Waals surface area contributed by atoms with Crippen molar-refractivity contribution >= 4 is 23.4 Å². The maximum Gasteiger partial charge on any atom is 0.243 e. The fourth-order valence-corrected chi connectivity index (χ4v) is 3.51. The number of hydrogen-bond donors (Lipinski definition) is 1. The van der Waals surface area contributed by atoms with Crippen molar-refractivity contribution in [3.05, 3.63) is 59.1 Å². The Balaban J connectivity index is 2.05. The van der Waals surface area contributed by atoms with Gasteiger partial charge in [-0.05, 0) is 75.6 Å². The molecule has 0 aliphatic heterocycles. The number of nitrogens with zero attached hydrogens (tertiary/aromatic N) is 1. The number of nitrogens with one attached hydrogen (secondary N) is 1. The predicted octanol–water partition coefficient (Wildman–Crippen LogP) is 5.23. The van der Waals surface area contributed by atoms with Gasteiger partial charge in [0.15, 0.2) is 0 Å². The third-order valence-electron chi connectivity index (χ3n) is 5.01. The minimum Gasteiger partial charge on any atom is -0.497 e. The van der Waals surface area contributed by atoms with E-state index >= 15 is 0 Å². The van der Waals surface area contributed by atoms with Gasteiger partial charge in [0.25, 0.3) is 0 Å². The highest BCUT2D eigenvalue weighted by molar-refractivity contribution is 6.30. The number of rotatable bonds is 11. The van der Waals surface area contributed by atoms with E-state index < -0.39 is 6.04 Å². The number of halogens is 1. The van der Waals surface area contributed by atoms with E-state index in [1.165, 1.54) is 0 Å². The first-order valence-electron chi connectivity index (χ1n) is 11.3. The summed E-state index contributed by atoms with van der Waals surface area (Å²) in [5.74, 6) is 1.24. The maximum atomic E-state index is 13.2. The fraction of sp³-hybridized carbons (Fsp3) is 0.462. The molecule has 1 N–H and O–H groups in total. The second-order valence-electron chi connectivity index (χ2n) is 8.94. The summed E-state index contributed by atoms with van der Waals surface area (Å²) in [5, 5.41) is 3.64.